The van der Waals surface area contributed by atoms with E-state index in [0.717, 1.165) is 47.4 Å². The minimum atomic E-state index is -0.405. The number of methoxy groups -OCH3 is 1. The highest BCUT2D eigenvalue weighted by molar-refractivity contribution is 7.99. The van der Waals surface area contributed by atoms with Crippen LogP contribution in [0.25, 0.3) is 0 Å². The number of carbonyl (C=O) groups excluding carboxylic acids is 2. The number of aromatic nitrogens is 3. The van der Waals surface area contributed by atoms with Gasteiger partial charge in [0.05, 0.1) is 18.4 Å². The highest BCUT2D eigenvalue weighted by atomic mass is 35.5. The van der Waals surface area contributed by atoms with Crippen molar-refractivity contribution in [2.24, 2.45) is 0 Å². The minimum Gasteiger partial charge on any atom is -0.482 e. The molecule has 0 bridgehead atoms. The van der Waals surface area contributed by atoms with E-state index in [0.29, 0.717) is 33.1 Å². The zero-order chi connectivity index (χ0) is 25.8. The predicted molar refractivity (Wildman–Crippen MR) is 143 cm³/mol. The predicted octanol–water partition coefficient (Wildman–Crippen LogP) is 5.86. The van der Waals surface area contributed by atoms with Gasteiger partial charge in [-0.05, 0) is 75.8 Å². The lowest BCUT2D eigenvalue weighted by molar-refractivity contribution is -0.113. The van der Waals surface area contributed by atoms with Crippen LogP contribution in [0.15, 0.2) is 23.4 Å². The summed E-state index contributed by atoms with van der Waals surface area (Å²) >= 11 is 8.82. The van der Waals surface area contributed by atoms with Crippen molar-refractivity contribution >= 4 is 51.6 Å². The number of hydrogen-bond donors (Lipinski definition) is 1. The molecule has 2 aromatic heterocycles. The van der Waals surface area contributed by atoms with Gasteiger partial charge in [0.15, 0.2) is 17.1 Å². The van der Waals surface area contributed by atoms with Crippen molar-refractivity contribution in [3.05, 3.63) is 50.6 Å². The number of fused-ring (bicyclic) bond motifs is 1. The standard InChI is InChI=1S/C25H29ClN4O4S2/c1-5-30-22(15(3)34-18-11-10-16(26)12-14(18)2)28-29-25(30)35-13-20(31)27-23-21(24(32)33-4)17-8-6-7-9-19(17)36-23/h10-12,15H,5-9,13H2,1-4H3,(H,27,31). The van der Waals surface area contributed by atoms with E-state index in [2.05, 4.69) is 15.5 Å². The number of thiophene rings is 1. The number of ether oxygens (including phenoxy) is 2. The summed E-state index contributed by atoms with van der Waals surface area (Å²) in [5.74, 6) is 0.918. The first kappa shape index (κ1) is 26.5. The van der Waals surface area contributed by atoms with Gasteiger partial charge in [0.2, 0.25) is 5.91 Å². The SMILES string of the molecule is CCn1c(SCC(=O)Nc2sc3c(c2C(=O)OC)CCCC3)nnc1C(C)Oc1ccc(Cl)cc1C. The third kappa shape index (κ3) is 5.71. The van der Waals surface area contributed by atoms with Crippen molar-refractivity contribution in [2.45, 2.75) is 64.3 Å². The Bertz CT molecular complexity index is 1270. The first-order chi connectivity index (χ1) is 17.3. The van der Waals surface area contributed by atoms with Crippen LogP contribution in [0, 0.1) is 6.92 Å². The number of esters is 1. The summed E-state index contributed by atoms with van der Waals surface area (Å²) in [6.07, 6.45) is 3.53. The van der Waals surface area contributed by atoms with Gasteiger partial charge in [-0.2, -0.15) is 0 Å². The number of halogens is 1. The van der Waals surface area contributed by atoms with Gasteiger partial charge in [0, 0.05) is 16.4 Å². The van der Waals surface area contributed by atoms with Crippen LogP contribution >= 0.6 is 34.7 Å². The maximum atomic E-state index is 12.8. The summed E-state index contributed by atoms with van der Waals surface area (Å²) < 4.78 is 13.1. The number of carbonyl (C=O) groups is 2. The van der Waals surface area contributed by atoms with E-state index in [-0.39, 0.29) is 17.8 Å². The lowest BCUT2D eigenvalue weighted by Crippen LogP contribution is -2.17. The molecule has 192 valence electrons. The molecular weight excluding hydrogens is 520 g/mol. The van der Waals surface area contributed by atoms with E-state index in [9.17, 15) is 9.59 Å². The molecule has 0 saturated carbocycles. The summed E-state index contributed by atoms with van der Waals surface area (Å²) in [5.41, 5.74) is 2.45. The molecule has 4 rings (SSSR count). The van der Waals surface area contributed by atoms with E-state index >= 15 is 0 Å². The van der Waals surface area contributed by atoms with Crippen LogP contribution in [0.1, 0.15) is 65.0 Å². The molecule has 1 atom stereocenters. The molecule has 11 heteroatoms. The molecule has 0 spiro atoms. The molecule has 1 aliphatic carbocycles. The molecule has 36 heavy (non-hydrogen) atoms. The van der Waals surface area contributed by atoms with E-state index in [4.69, 9.17) is 21.1 Å². The second-order valence-electron chi connectivity index (χ2n) is 8.50. The average molecular weight is 549 g/mol. The Morgan fingerprint density at radius 1 is 1.28 bits per heavy atom. The van der Waals surface area contributed by atoms with Crippen LogP contribution in [-0.4, -0.2) is 39.5 Å². The van der Waals surface area contributed by atoms with E-state index in [1.165, 1.54) is 30.2 Å². The van der Waals surface area contributed by atoms with Crippen LogP contribution < -0.4 is 10.1 Å². The maximum Gasteiger partial charge on any atom is 0.341 e. The lowest BCUT2D eigenvalue weighted by Gasteiger charge is -2.17. The second kappa shape index (κ2) is 11.7. The number of nitrogens with zero attached hydrogens (tertiary/aromatic N) is 3. The largest absolute Gasteiger partial charge is 0.482 e. The molecule has 2 heterocycles. The number of anilines is 1. The molecule has 1 amide bonds. The fourth-order valence-corrected chi connectivity index (χ4v) is 6.59. The van der Waals surface area contributed by atoms with Gasteiger partial charge < -0.3 is 19.4 Å². The normalized spacial score (nSPS) is 13.7. The third-order valence-corrected chi connectivity index (χ3v) is 8.42. The summed E-state index contributed by atoms with van der Waals surface area (Å²) in [6, 6.07) is 5.48. The summed E-state index contributed by atoms with van der Waals surface area (Å²) in [4.78, 5) is 26.4. The highest BCUT2D eigenvalue weighted by Gasteiger charge is 2.27. The van der Waals surface area contributed by atoms with Gasteiger partial charge in [-0.3, -0.25) is 4.79 Å². The topological polar surface area (TPSA) is 95.3 Å². The Kier molecular flexibility index (Phi) is 8.58. The summed E-state index contributed by atoms with van der Waals surface area (Å²) in [5, 5.41) is 13.4. The highest BCUT2D eigenvalue weighted by Crippen LogP contribution is 2.38. The third-order valence-electron chi connectivity index (χ3n) is 6.01. The Labute approximate surface area is 223 Å². The number of aryl methyl sites for hydroxylation is 2. The van der Waals surface area contributed by atoms with Gasteiger partial charge >= 0.3 is 5.97 Å². The van der Waals surface area contributed by atoms with E-state index in [1.807, 2.05) is 37.5 Å². The zero-order valence-electron chi connectivity index (χ0n) is 20.7. The Morgan fingerprint density at radius 2 is 2.06 bits per heavy atom. The van der Waals surface area contributed by atoms with Crippen molar-refractivity contribution in [1.29, 1.82) is 0 Å². The fraction of sp³-hybridized carbons (Fsp3) is 0.440. The van der Waals surface area contributed by atoms with Crippen molar-refractivity contribution in [3.8, 4) is 5.75 Å². The van der Waals surface area contributed by atoms with Crippen LogP contribution in [-0.2, 0) is 28.9 Å². The first-order valence-corrected chi connectivity index (χ1v) is 14.0. The molecule has 1 N–H and O–H groups in total. The second-order valence-corrected chi connectivity index (χ2v) is 11.0. The molecule has 0 radical (unpaired) electrons. The molecule has 0 saturated heterocycles. The van der Waals surface area contributed by atoms with Crippen LogP contribution in [0.2, 0.25) is 5.02 Å². The fourth-order valence-electron chi connectivity index (χ4n) is 4.26. The number of benzene rings is 1. The maximum absolute atomic E-state index is 12.8. The van der Waals surface area contributed by atoms with Gasteiger partial charge in [-0.25, -0.2) is 4.79 Å². The quantitative estimate of drug-likeness (QED) is 0.264. The first-order valence-electron chi connectivity index (χ1n) is 11.8. The molecule has 0 aliphatic heterocycles. The lowest BCUT2D eigenvalue weighted by atomic mass is 9.95. The summed E-state index contributed by atoms with van der Waals surface area (Å²) in [6.45, 7) is 6.48. The molecule has 1 aromatic carbocycles. The molecule has 1 unspecified atom stereocenters. The van der Waals surface area contributed by atoms with Crippen molar-refractivity contribution in [2.75, 3.05) is 18.2 Å². The molecule has 0 fully saturated rings. The smallest absolute Gasteiger partial charge is 0.341 e. The number of hydrogen-bond acceptors (Lipinski definition) is 8. The van der Waals surface area contributed by atoms with Crippen molar-refractivity contribution in [3.63, 3.8) is 0 Å². The van der Waals surface area contributed by atoms with Crippen molar-refractivity contribution < 1.29 is 19.1 Å². The number of rotatable bonds is 9. The van der Waals surface area contributed by atoms with Gasteiger partial charge in [0.25, 0.3) is 0 Å². The Hall–Kier alpha value is -2.56. The van der Waals surface area contributed by atoms with Gasteiger partial charge in [-0.1, -0.05) is 23.4 Å². The zero-order valence-corrected chi connectivity index (χ0v) is 23.1. The van der Waals surface area contributed by atoms with Crippen LogP contribution in [0.4, 0.5) is 5.00 Å². The minimum absolute atomic E-state index is 0.132. The van der Waals surface area contributed by atoms with Crippen molar-refractivity contribution in [1.82, 2.24) is 14.8 Å². The van der Waals surface area contributed by atoms with Crippen LogP contribution in [0.3, 0.4) is 0 Å². The number of nitrogens with one attached hydrogen (secondary N) is 1. The molecular formula is C25H29ClN4O4S2. The van der Waals surface area contributed by atoms with Crippen LogP contribution in [0.5, 0.6) is 5.75 Å². The van der Waals surface area contributed by atoms with Gasteiger partial charge in [-0.15, -0.1) is 21.5 Å². The summed E-state index contributed by atoms with van der Waals surface area (Å²) in [7, 11) is 1.37. The monoisotopic (exact) mass is 548 g/mol. The molecule has 1 aliphatic rings. The number of amides is 1. The average Bonchev–Trinajstić information content (AvgIpc) is 3.44. The van der Waals surface area contributed by atoms with Gasteiger partial charge in [0.1, 0.15) is 10.8 Å². The molecule has 8 nitrogen and oxygen atoms in total. The number of thioether (sulfide) groups is 1. The van der Waals surface area contributed by atoms with E-state index in [1.54, 1.807) is 6.07 Å². The Morgan fingerprint density at radius 3 is 2.78 bits per heavy atom. The Balaban J connectivity index is 1.44. The molecule has 3 aromatic rings. The van der Waals surface area contributed by atoms with E-state index < -0.39 is 5.97 Å².